The number of nitrogens with zero attached hydrogens (tertiary/aromatic N) is 3. The van der Waals surface area contributed by atoms with Gasteiger partial charge in [0.05, 0.1) is 24.9 Å². The number of aliphatic carboxylic acids is 1. The highest BCUT2D eigenvalue weighted by atomic mass is 16.4. The lowest BCUT2D eigenvalue weighted by Crippen LogP contribution is -2.07. The van der Waals surface area contributed by atoms with Crippen molar-refractivity contribution in [2.75, 3.05) is 0 Å². The Hall–Kier alpha value is -2.37. The molecule has 1 aromatic carbocycles. The van der Waals surface area contributed by atoms with Crippen molar-refractivity contribution in [1.29, 1.82) is 0 Å². The predicted octanol–water partition coefficient (Wildman–Crippen LogP) is 1.13. The molecule has 0 amide bonds. The summed E-state index contributed by atoms with van der Waals surface area (Å²) < 4.78 is 1.53. The number of phenols is 1. The van der Waals surface area contributed by atoms with Gasteiger partial charge in [-0.2, -0.15) is 0 Å². The highest BCUT2D eigenvalue weighted by Crippen LogP contribution is 2.20. The second-order valence-electron chi connectivity index (χ2n) is 3.53. The van der Waals surface area contributed by atoms with Crippen LogP contribution < -0.4 is 0 Å². The molecular weight excluding hydrogens is 222 g/mol. The van der Waals surface area contributed by atoms with E-state index in [0.29, 0.717) is 0 Å². The van der Waals surface area contributed by atoms with Gasteiger partial charge < -0.3 is 10.2 Å². The highest BCUT2D eigenvalue weighted by molar-refractivity contribution is 5.66. The fraction of sp³-hybridized carbons (Fsp3) is 0.182. The molecular formula is C11H11N3O3. The van der Waals surface area contributed by atoms with Gasteiger partial charge in [0.1, 0.15) is 5.75 Å². The van der Waals surface area contributed by atoms with E-state index in [2.05, 4.69) is 10.3 Å². The van der Waals surface area contributed by atoms with E-state index in [1.807, 2.05) is 0 Å². The number of phenolic OH excluding ortho intramolecular Hbond substituents is 1. The molecule has 0 bridgehead atoms. The molecule has 0 atom stereocenters. The van der Waals surface area contributed by atoms with Crippen LogP contribution in [-0.2, 0) is 11.3 Å². The van der Waals surface area contributed by atoms with Crippen LogP contribution in [0.1, 0.15) is 6.42 Å². The molecule has 6 nitrogen and oxygen atoms in total. The number of carbonyl (C=O) groups is 1. The van der Waals surface area contributed by atoms with Crippen LogP contribution in [0.5, 0.6) is 5.75 Å². The van der Waals surface area contributed by atoms with Crippen molar-refractivity contribution in [3.63, 3.8) is 0 Å². The summed E-state index contributed by atoms with van der Waals surface area (Å²) in [5, 5.41) is 25.4. The van der Waals surface area contributed by atoms with E-state index in [9.17, 15) is 9.90 Å². The smallest absolute Gasteiger partial charge is 0.305 e. The Morgan fingerprint density at radius 1 is 1.29 bits per heavy atom. The molecule has 2 N–H and O–H groups in total. The molecule has 0 radical (unpaired) electrons. The van der Waals surface area contributed by atoms with Gasteiger partial charge in [0.2, 0.25) is 0 Å². The van der Waals surface area contributed by atoms with Crippen molar-refractivity contribution in [2.45, 2.75) is 13.0 Å². The van der Waals surface area contributed by atoms with Crippen LogP contribution in [0, 0.1) is 0 Å². The van der Waals surface area contributed by atoms with Gasteiger partial charge in [0.15, 0.2) is 0 Å². The van der Waals surface area contributed by atoms with E-state index in [4.69, 9.17) is 5.11 Å². The number of hydrogen-bond acceptors (Lipinski definition) is 4. The van der Waals surface area contributed by atoms with Gasteiger partial charge >= 0.3 is 5.97 Å². The molecule has 0 aliphatic carbocycles. The summed E-state index contributed by atoms with van der Waals surface area (Å²) in [6.45, 7) is 0.269. The zero-order valence-electron chi connectivity index (χ0n) is 8.95. The average Bonchev–Trinajstić information content (AvgIpc) is 2.75. The lowest BCUT2D eigenvalue weighted by molar-refractivity contribution is -0.137. The molecule has 88 valence electrons. The van der Waals surface area contributed by atoms with Crippen LogP contribution >= 0.6 is 0 Å². The predicted molar refractivity (Wildman–Crippen MR) is 59.4 cm³/mol. The molecule has 0 aliphatic heterocycles. The van der Waals surface area contributed by atoms with Crippen molar-refractivity contribution < 1.29 is 15.0 Å². The maximum atomic E-state index is 10.5. The topological polar surface area (TPSA) is 88.2 Å². The number of aryl methyl sites for hydroxylation is 1. The third kappa shape index (κ3) is 2.60. The summed E-state index contributed by atoms with van der Waals surface area (Å²) >= 11 is 0. The Morgan fingerprint density at radius 2 is 2.00 bits per heavy atom. The molecule has 0 unspecified atom stereocenters. The van der Waals surface area contributed by atoms with E-state index in [-0.39, 0.29) is 18.7 Å². The number of benzene rings is 1. The summed E-state index contributed by atoms with van der Waals surface area (Å²) in [5.74, 6) is -0.699. The second-order valence-corrected chi connectivity index (χ2v) is 3.53. The summed E-state index contributed by atoms with van der Waals surface area (Å²) in [6.07, 6.45) is 1.56. The standard InChI is InChI=1S/C11H11N3O3/c15-9-3-1-8(2-4-9)10-7-12-13-14(10)6-5-11(16)17/h1-4,7,15H,5-6H2,(H,16,17). The van der Waals surface area contributed by atoms with Crippen molar-refractivity contribution in [1.82, 2.24) is 15.0 Å². The first-order valence-corrected chi connectivity index (χ1v) is 5.06. The molecule has 0 spiro atoms. The van der Waals surface area contributed by atoms with Crippen molar-refractivity contribution >= 4 is 5.97 Å². The van der Waals surface area contributed by atoms with Crippen molar-refractivity contribution in [3.8, 4) is 17.0 Å². The Morgan fingerprint density at radius 3 is 2.65 bits per heavy atom. The first kappa shape index (κ1) is 11.1. The normalized spacial score (nSPS) is 10.4. The van der Waals surface area contributed by atoms with Gasteiger partial charge in [-0.1, -0.05) is 5.21 Å². The van der Waals surface area contributed by atoms with Crippen LogP contribution in [0.2, 0.25) is 0 Å². The number of carboxylic acids is 1. The van der Waals surface area contributed by atoms with E-state index < -0.39 is 5.97 Å². The van der Waals surface area contributed by atoms with E-state index >= 15 is 0 Å². The van der Waals surface area contributed by atoms with E-state index in [1.54, 1.807) is 30.5 Å². The number of hydrogen-bond donors (Lipinski definition) is 2. The van der Waals surface area contributed by atoms with Crippen molar-refractivity contribution in [3.05, 3.63) is 30.5 Å². The SMILES string of the molecule is O=C(O)CCn1nncc1-c1ccc(O)cc1. The monoisotopic (exact) mass is 233 g/mol. The van der Waals surface area contributed by atoms with Gasteiger partial charge in [-0.15, -0.1) is 5.10 Å². The summed E-state index contributed by atoms with van der Waals surface area (Å²) in [6, 6.07) is 6.57. The lowest BCUT2D eigenvalue weighted by Gasteiger charge is -2.04. The fourth-order valence-corrected chi connectivity index (χ4v) is 1.48. The summed E-state index contributed by atoms with van der Waals surface area (Å²) in [5.41, 5.74) is 1.56. The zero-order valence-corrected chi connectivity index (χ0v) is 8.95. The van der Waals surface area contributed by atoms with Crippen LogP contribution in [0.3, 0.4) is 0 Å². The third-order valence-corrected chi connectivity index (χ3v) is 2.32. The van der Waals surface area contributed by atoms with Gasteiger partial charge in [-0.3, -0.25) is 4.79 Å². The van der Waals surface area contributed by atoms with E-state index in [0.717, 1.165) is 11.3 Å². The molecule has 6 heteroatoms. The molecule has 1 heterocycles. The molecule has 0 saturated carbocycles. The van der Waals surface area contributed by atoms with Crippen LogP contribution in [0.15, 0.2) is 30.5 Å². The fourth-order valence-electron chi connectivity index (χ4n) is 1.48. The zero-order chi connectivity index (χ0) is 12.3. The number of aromatic hydroxyl groups is 1. The first-order chi connectivity index (χ1) is 8.16. The Bertz CT molecular complexity index is 519. The maximum Gasteiger partial charge on any atom is 0.305 e. The minimum absolute atomic E-state index is 0.00551. The minimum Gasteiger partial charge on any atom is -0.508 e. The number of carboxylic acid groups (broad SMARTS) is 1. The van der Waals surface area contributed by atoms with Crippen LogP contribution in [0.4, 0.5) is 0 Å². The first-order valence-electron chi connectivity index (χ1n) is 5.06. The molecule has 2 aromatic rings. The Labute approximate surface area is 97.1 Å². The average molecular weight is 233 g/mol. The number of aromatic nitrogens is 3. The van der Waals surface area contributed by atoms with E-state index in [1.165, 1.54) is 4.68 Å². The van der Waals surface area contributed by atoms with Crippen LogP contribution in [-0.4, -0.2) is 31.2 Å². The van der Waals surface area contributed by atoms with Gasteiger partial charge in [-0.25, -0.2) is 4.68 Å². The quantitative estimate of drug-likeness (QED) is 0.826. The number of rotatable bonds is 4. The molecule has 0 fully saturated rings. The molecule has 17 heavy (non-hydrogen) atoms. The maximum absolute atomic E-state index is 10.5. The highest BCUT2D eigenvalue weighted by Gasteiger charge is 2.08. The molecule has 2 rings (SSSR count). The van der Waals surface area contributed by atoms with Gasteiger partial charge in [-0.05, 0) is 24.3 Å². The summed E-state index contributed by atoms with van der Waals surface area (Å²) in [7, 11) is 0. The second kappa shape index (κ2) is 4.65. The van der Waals surface area contributed by atoms with Crippen LogP contribution in [0.25, 0.3) is 11.3 Å². The molecule has 0 saturated heterocycles. The molecule has 0 aliphatic rings. The lowest BCUT2D eigenvalue weighted by atomic mass is 10.1. The Kier molecular flexibility index (Phi) is 3.04. The van der Waals surface area contributed by atoms with Gasteiger partial charge in [0.25, 0.3) is 0 Å². The van der Waals surface area contributed by atoms with Gasteiger partial charge in [0, 0.05) is 5.56 Å². The third-order valence-electron chi connectivity index (χ3n) is 2.32. The largest absolute Gasteiger partial charge is 0.508 e. The molecule has 1 aromatic heterocycles. The summed E-state index contributed by atoms with van der Waals surface area (Å²) in [4.78, 5) is 10.5. The van der Waals surface area contributed by atoms with Crippen molar-refractivity contribution in [2.24, 2.45) is 0 Å². The Balaban J connectivity index is 2.24. The minimum atomic E-state index is -0.878.